The Morgan fingerprint density at radius 2 is 1.46 bits per heavy atom. The summed E-state index contributed by atoms with van der Waals surface area (Å²) in [4.78, 5) is 0. The van der Waals surface area contributed by atoms with Crippen LogP contribution < -0.4 is 0 Å². The van der Waals surface area contributed by atoms with Crippen molar-refractivity contribution >= 4 is 15.9 Å². The predicted octanol–water partition coefficient (Wildman–Crippen LogP) is 7.36. The zero-order valence-electron chi connectivity index (χ0n) is 16.5. The van der Waals surface area contributed by atoms with E-state index < -0.39 is 0 Å². The maximum atomic E-state index is 5.21. The van der Waals surface area contributed by atoms with E-state index in [1.165, 1.54) is 47.1 Å². The van der Waals surface area contributed by atoms with E-state index in [1.807, 2.05) is 0 Å². The maximum absolute atomic E-state index is 5.21. The van der Waals surface area contributed by atoms with E-state index in [0.717, 1.165) is 23.9 Å². The highest BCUT2D eigenvalue weighted by atomic mass is 79.9. The molecule has 1 atom stereocenters. The summed E-state index contributed by atoms with van der Waals surface area (Å²) in [5.41, 5.74) is 6.97. The van der Waals surface area contributed by atoms with E-state index in [4.69, 9.17) is 4.74 Å². The van der Waals surface area contributed by atoms with Crippen LogP contribution in [-0.2, 0) is 10.2 Å². The van der Waals surface area contributed by atoms with Crippen LogP contribution in [0.25, 0.3) is 11.1 Å². The van der Waals surface area contributed by atoms with Crippen LogP contribution in [0.4, 0.5) is 0 Å². The molecule has 0 heterocycles. The molecule has 0 bridgehead atoms. The third-order valence-corrected chi connectivity index (χ3v) is 6.53. The van der Waals surface area contributed by atoms with Crippen molar-refractivity contribution in [2.24, 2.45) is 0 Å². The molecule has 3 aromatic rings. The second-order valence-corrected chi connectivity index (χ2v) is 8.58. The van der Waals surface area contributed by atoms with Crippen molar-refractivity contribution in [2.45, 2.75) is 37.5 Å². The fraction of sp³-hybridized carbons (Fsp3) is 0.308. The second kappa shape index (κ2) is 8.63. The van der Waals surface area contributed by atoms with Gasteiger partial charge in [0.2, 0.25) is 0 Å². The highest BCUT2D eigenvalue weighted by Crippen LogP contribution is 2.55. The Balaban J connectivity index is 1.78. The lowest BCUT2D eigenvalue weighted by Crippen LogP contribution is -2.27. The quantitative estimate of drug-likeness (QED) is 0.336. The molecule has 0 N–H and O–H groups in total. The van der Waals surface area contributed by atoms with E-state index >= 15 is 0 Å². The summed E-state index contributed by atoms with van der Waals surface area (Å²) in [7, 11) is 1.79. The molecule has 0 spiro atoms. The molecule has 0 aliphatic heterocycles. The molecule has 4 rings (SSSR count). The van der Waals surface area contributed by atoms with Gasteiger partial charge in [0.15, 0.2) is 0 Å². The van der Waals surface area contributed by atoms with Gasteiger partial charge in [0.25, 0.3) is 0 Å². The molecule has 28 heavy (non-hydrogen) atoms. The van der Waals surface area contributed by atoms with Crippen LogP contribution in [0.15, 0.2) is 77.3 Å². The zero-order chi connectivity index (χ0) is 19.4. The molecule has 0 fully saturated rings. The number of fused-ring (bicyclic) bond motifs is 3. The Morgan fingerprint density at radius 1 is 0.750 bits per heavy atom. The van der Waals surface area contributed by atoms with Gasteiger partial charge in [0, 0.05) is 23.6 Å². The SMILES string of the molecule is COCCCCCCC1(c2ccccc2)c2ccccc2-c2ccc(Br)cc21. The molecule has 0 amide bonds. The highest BCUT2D eigenvalue weighted by molar-refractivity contribution is 9.10. The summed E-state index contributed by atoms with van der Waals surface area (Å²) in [5.74, 6) is 0. The lowest BCUT2D eigenvalue weighted by molar-refractivity contribution is 0.191. The fourth-order valence-electron chi connectivity index (χ4n) is 4.78. The van der Waals surface area contributed by atoms with Crippen molar-refractivity contribution in [3.8, 4) is 11.1 Å². The first-order valence-electron chi connectivity index (χ1n) is 10.2. The Kier molecular flexibility index (Phi) is 5.99. The number of hydrogen-bond acceptors (Lipinski definition) is 1. The van der Waals surface area contributed by atoms with Gasteiger partial charge < -0.3 is 4.74 Å². The molecule has 1 aliphatic rings. The summed E-state index contributed by atoms with van der Waals surface area (Å²) in [6.07, 6.45) is 5.95. The standard InChI is InChI=1S/C26H27BrO/c1-28-18-10-3-2-9-17-26(20-11-5-4-6-12-20)24-14-8-7-13-22(24)23-16-15-21(27)19-25(23)26/h4-8,11-16,19H,2-3,9-10,17-18H2,1H3. The fourth-order valence-corrected chi connectivity index (χ4v) is 5.14. The van der Waals surface area contributed by atoms with Gasteiger partial charge in [-0.25, -0.2) is 0 Å². The van der Waals surface area contributed by atoms with Crippen LogP contribution in [0.3, 0.4) is 0 Å². The van der Waals surface area contributed by atoms with Crippen molar-refractivity contribution in [2.75, 3.05) is 13.7 Å². The maximum Gasteiger partial charge on any atom is 0.0464 e. The Bertz CT molecular complexity index is 934. The van der Waals surface area contributed by atoms with E-state index in [-0.39, 0.29) is 5.41 Å². The molecule has 1 nitrogen and oxygen atoms in total. The summed E-state index contributed by atoms with van der Waals surface area (Å²) in [6.45, 7) is 0.864. The molecule has 2 heteroatoms. The average Bonchev–Trinajstić information content (AvgIpc) is 3.01. The van der Waals surface area contributed by atoms with Gasteiger partial charge >= 0.3 is 0 Å². The van der Waals surface area contributed by atoms with E-state index in [0.29, 0.717) is 0 Å². The Labute approximate surface area is 176 Å². The number of benzene rings is 3. The van der Waals surface area contributed by atoms with Gasteiger partial charge in [-0.1, -0.05) is 95.9 Å². The molecule has 0 radical (unpaired) electrons. The van der Waals surface area contributed by atoms with Crippen molar-refractivity contribution in [1.29, 1.82) is 0 Å². The topological polar surface area (TPSA) is 9.23 Å². The smallest absolute Gasteiger partial charge is 0.0464 e. The molecule has 1 unspecified atom stereocenters. The van der Waals surface area contributed by atoms with Gasteiger partial charge in [-0.15, -0.1) is 0 Å². The second-order valence-electron chi connectivity index (χ2n) is 7.66. The van der Waals surface area contributed by atoms with E-state index in [9.17, 15) is 0 Å². The molecular formula is C26H27BrO. The number of unbranched alkanes of at least 4 members (excludes halogenated alkanes) is 3. The van der Waals surface area contributed by atoms with Gasteiger partial charge in [0.05, 0.1) is 0 Å². The molecule has 0 saturated carbocycles. The highest BCUT2D eigenvalue weighted by Gasteiger charge is 2.43. The monoisotopic (exact) mass is 434 g/mol. The Hall–Kier alpha value is -1.90. The third-order valence-electron chi connectivity index (χ3n) is 6.04. The largest absolute Gasteiger partial charge is 0.385 e. The van der Waals surface area contributed by atoms with Gasteiger partial charge in [-0.3, -0.25) is 0 Å². The lowest BCUT2D eigenvalue weighted by atomic mass is 9.69. The summed E-state index contributed by atoms with van der Waals surface area (Å²) in [6, 6.07) is 26.8. The first kappa shape index (κ1) is 19.4. The molecule has 0 saturated heterocycles. The molecular weight excluding hydrogens is 408 g/mol. The van der Waals surface area contributed by atoms with Crippen molar-refractivity contribution in [3.63, 3.8) is 0 Å². The summed E-state index contributed by atoms with van der Waals surface area (Å²) in [5, 5.41) is 0. The minimum atomic E-state index is -0.0712. The first-order valence-corrected chi connectivity index (χ1v) is 11.0. The van der Waals surface area contributed by atoms with Crippen LogP contribution >= 0.6 is 15.9 Å². The first-order chi connectivity index (χ1) is 13.8. The molecule has 144 valence electrons. The lowest BCUT2D eigenvalue weighted by Gasteiger charge is -2.33. The van der Waals surface area contributed by atoms with E-state index in [1.54, 1.807) is 7.11 Å². The molecule has 1 aliphatic carbocycles. The van der Waals surface area contributed by atoms with Crippen LogP contribution in [0, 0.1) is 0 Å². The number of ether oxygens (including phenoxy) is 1. The number of halogens is 1. The number of methoxy groups -OCH3 is 1. The minimum Gasteiger partial charge on any atom is -0.385 e. The zero-order valence-corrected chi connectivity index (χ0v) is 18.0. The predicted molar refractivity (Wildman–Crippen MR) is 121 cm³/mol. The summed E-state index contributed by atoms with van der Waals surface area (Å²) < 4.78 is 6.36. The van der Waals surface area contributed by atoms with Gasteiger partial charge in [-0.05, 0) is 52.8 Å². The van der Waals surface area contributed by atoms with Gasteiger partial charge in [-0.2, -0.15) is 0 Å². The van der Waals surface area contributed by atoms with Crippen molar-refractivity contribution < 1.29 is 4.74 Å². The number of rotatable bonds is 8. The third kappa shape index (κ3) is 3.44. The average molecular weight is 435 g/mol. The Morgan fingerprint density at radius 3 is 2.29 bits per heavy atom. The normalized spacial score (nSPS) is 17.4. The minimum absolute atomic E-state index is 0.0712. The van der Waals surface area contributed by atoms with Gasteiger partial charge in [0.1, 0.15) is 0 Å². The molecule has 3 aromatic carbocycles. The number of hydrogen-bond donors (Lipinski definition) is 0. The van der Waals surface area contributed by atoms with Crippen molar-refractivity contribution in [1.82, 2.24) is 0 Å². The van der Waals surface area contributed by atoms with Crippen LogP contribution in [-0.4, -0.2) is 13.7 Å². The van der Waals surface area contributed by atoms with Crippen LogP contribution in [0.1, 0.15) is 48.8 Å². The van der Waals surface area contributed by atoms with Crippen LogP contribution in [0.5, 0.6) is 0 Å². The van der Waals surface area contributed by atoms with Crippen molar-refractivity contribution in [3.05, 3.63) is 94.0 Å². The van der Waals surface area contributed by atoms with E-state index in [2.05, 4.69) is 88.7 Å². The summed E-state index contributed by atoms with van der Waals surface area (Å²) >= 11 is 3.73. The molecule has 0 aromatic heterocycles. The van der Waals surface area contributed by atoms with Crippen LogP contribution in [0.2, 0.25) is 0 Å².